The summed E-state index contributed by atoms with van der Waals surface area (Å²) < 4.78 is 11.3. The van der Waals surface area contributed by atoms with Crippen molar-refractivity contribution in [2.24, 2.45) is 5.92 Å². The first-order chi connectivity index (χ1) is 11.1. The minimum absolute atomic E-state index is 0. The molecule has 2 N–H and O–H groups in total. The highest BCUT2D eigenvalue weighted by molar-refractivity contribution is 9.10. The zero-order valence-corrected chi connectivity index (χ0v) is 16.3. The van der Waals surface area contributed by atoms with Crippen LogP contribution in [-0.2, 0) is 4.79 Å². The summed E-state index contributed by atoms with van der Waals surface area (Å²) in [6, 6.07) is 4.81. The van der Waals surface area contributed by atoms with E-state index in [0.717, 1.165) is 17.3 Å². The Balaban J connectivity index is 0.00000208. The van der Waals surface area contributed by atoms with E-state index in [9.17, 15) is 4.79 Å². The molecule has 2 bridgehead atoms. The lowest BCUT2D eigenvalue weighted by Crippen LogP contribution is -2.39. The van der Waals surface area contributed by atoms with Crippen LogP contribution in [0.1, 0.15) is 32.1 Å². The number of hydrogen-bond acceptors (Lipinski definition) is 4. The van der Waals surface area contributed by atoms with Crippen molar-refractivity contribution < 1.29 is 14.3 Å². The van der Waals surface area contributed by atoms with Crippen molar-refractivity contribution in [1.29, 1.82) is 0 Å². The van der Waals surface area contributed by atoms with Gasteiger partial charge in [-0.05, 0) is 47.5 Å². The van der Waals surface area contributed by atoms with Crippen molar-refractivity contribution in [3.63, 3.8) is 0 Å². The fourth-order valence-corrected chi connectivity index (χ4v) is 4.18. The highest BCUT2D eigenvalue weighted by Crippen LogP contribution is 2.37. The van der Waals surface area contributed by atoms with Gasteiger partial charge in [-0.3, -0.25) is 4.79 Å². The van der Waals surface area contributed by atoms with Crippen LogP contribution in [0.4, 0.5) is 5.69 Å². The number of amides is 1. The largest absolute Gasteiger partial charge is 0.493 e. The predicted octanol–water partition coefficient (Wildman–Crippen LogP) is 3.75. The second kappa shape index (κ2) is 8.41. The Hall–Kier alpha value is -0.980. The fourth-order valence-electron chi connectivity index (χ4n) is 3.76. The van der Waals surface area contributed by atoms with Crippen LogP contribution in [0.2, 0.25) is 0 Å². The number of hydrogen-bond donors (Lipinski definition) is 2. The van der Waals surface area contributed by atoms with Crippen molar-refractivity contribution in [1.82, 2.24) is 5.32 Å². The summed E-state index contributed by atoms with van der Waals surface area (Å²) in [5.41, 5.74) is 0.713. The van der Waals surface area contributed by atoms with Crippen molar-refractivity contribution in [3.05, 3.63) is 16.6 Å². The molecule has 1 amide bonds. The molecule has 3 rings (SSSR count). The molecule has 0 aromatic heterocycles. The van der Waals surface area contributed by atoms with E-state index in [2.05, 4.69) is 26.6 Å². The first kappa shape index (κ1) is 19.3. The zero-order chi connectivity index (χ0) is 16.4. The number of rotatable bonds is 5. The lowest BCUT2D eigenvalue weighted by atomic mass is 9.89. The summed E-state index contributed by atoms with van der Waals surface area (Å²) in [4.78, 5) is 12.4. The minimum atomic E-state index is 0. The molecule has 5 nitrogen and oxygen atoms in total. The zero-order valence-electron chi connectivity index (χ0n) is 13.9. The molecule has 2 saturated heterocycles. The maximum atomic E-state index is 12.4. The van der Waals surface area contributed by atoms with Crippen molar-refractivity contribution in [3.8, 4) is 11.5 Å². The molecule has 0 aliphatic carbocycles. The standard InChI is InChI=1S/C17H23BrN2O3.ClH/c1-22-15-8-13(18)14(9-16(15)23-2)20-17(21)7-10-5-11-3-4-12(6-10)19-11;/h8-12,19H,3-7H2,1-2H3,(H,20,21);1H. The lowest BCUT2D eigenvalue weighted by molar-refractivity contribution is -0.117. The van der Waals surface area contributed by atoms with E-state index in [0.29, 0.717) is 41.6 Å². The number of methoxy groups -OCH3 is 2. The van der Waals surface area contributed by atoms with Crippen LogP contribution >= 0.6 is 28.3 Å². The molecule has 2 fully saturated rings. The van der Waals surface area contributed by atoms with Gasteiger partial charge < -0.3 is 20.1 Å². The maximum Gasteiger partial charge on any atom is 0.224 e. The Morgan fingerprint density at radius 3 is 2.38 bits per heavy atom. The van der Waals surface area contributed by atoms with Crippen molar-refractivity contribution >= 4 is 39.9 Å². The Labute approximate surface area is 157 Å². The quantitative estimate of drug-likeness (QED) is 0.763. The summed E-state index contributed by atoms with van der Waals surface area (Å²) >= 11 is 3.47. The number of fused-ring (bicyclic) bond motifs is 2. The van der Waals surface area contributed by atoms with E-state index in [-0.39, 0.29) is 18.3 Å². The highest BCUT2D eigenvalue weighted by atomic mass is 79.9. The second-order valence-electron chi connectivity index (χ2n) is 6.41. The van der Waals surface area contributed by atoms with Crippen LogP contribution < -0.4 is 20.1 Å². The van der Waals surface area contributed by atoms with Crippen LogP contribution in [0.5, 0.6) is 11.5 Å². The van der Waals surface area contributed by atoms with Gasteiger partial charge in [0, 0.05) is 35.1 Å². The normalized spacial score (nSPS) is 24.9. The highest BCUT2D eigenvalue weighted by Gasteiger charge is 2.34. The molecule has 2 aliphatic heterocycles. The van der Waals surface area contributed by atoms with Gasteiger partial charge in [-0.15, -0.1) is 12.4 Å². The van der Waals surface area contributed by atoms with Gasteiger partial charge in [-0.2, -0.15) is 0 Å². The molecular weight excluding hydrogens is 396 g/mol. The third-order valence-electron chi connectivity index (χ3n) is 4.79. The van der Waals surface area contributed by atoms with E-state index in [1.165, 1.54) is 12.8 Å². The summed E-state index contributed by atoms with van der Waals surface area (Å²) in [6.07, 6.45) is 5.30. The number of benzene rings is 1. The van der Waals surface area contributed by atoms with Crippen LogP contribution in [0.3, 0.4) is 0 Å². The lowest BCUT2D eigenvalue weighted by Gasteiger charge is -2.28. The summed E-state index contributed by atoms with van der Waals surface area (Å²) in [7, 11) is 3.18. The molecule has 2 heterocycles. The monoisotopic (exact) mass is 418 g/mol. The van der Waals surface area contributed by atoms with E-state index in [1.54, 1.807) is 26.4 Å². The second-order valence-corrected chi connectivity index (χ2v) is 7.27. The molecular formula is C17H24BrClN2O3. The van der Waals surface area contributed by atoms with Crippen molar-refractivity contribution in [2.75, 3.05) is 19.5 Å². The number of carbonyl (C=O) groups is 1. The van der Waals surface area contributed by atoms with Crippen LogP contribution in [-0.4, -0.2) is 32.2 Å². The topological polar surface area (TPSA) is 59.6 Å². The van der Waals surface area contributed by atoms with E-state index in [1.807, 2.05) is 0 Å². The van der Waals surface area contributed by atoms with Crippen LogP contribution in [0.15, 0.2) is 16.6 Å². The minimum Gasteiger partial charge on any atom is -0.493 e. The van der Waals surface area contributed by atoms with Gasteiger partial charge in [-0.25, -0.2) is 0 Å². The molecule has 1 aromatic carbocycles. The van der Waals surface area contributed by atoms with Gasteiger partial charge in [0.25, 0.3) is 0 Å². The summed E-state index contributed by atoms with van der Waals surface area (Å²) in [5.74, 6) is 1.77. The maximum absolute atomic E-state index is 12.4. The molecule has 1 aromatic rings. The molecule has 134 valence electrons. The first-order valence-corrected chi connectivity index (χ1v) is 8.85. The molecule has 2 atom stereocenters. The number of piperidine rings is 1. The predicted molar refractivity (Wildman–Crippen MR) is 100 cm³/mol. The average molecular weight is 420 g/mol. The molecule has 24 heavy (non-hydrogen) atoms. The Bertz CT molecular complexity index is 587. The molecule has 2 aliphatic rings. The van der Waals surface area contributed by atoms with E-state index >= 15 is 0 Å². The van der Waals surface area contributed by atoms with Gasteiger partial charge >= 0.3 is 0 Å². The molecule has 0 spiro atoms. The first-order valence-electron chi connectivity index (χ1n) is 8.06. The number of nitrogens with one attached hydrogen (secondary N) is 2. The summed E-state index contributed by atoms with van der Waals surface area (Å²) in [5, 5.41) is 6.60. The van der Waals surface area contributed by atoms with E-state index in [4.69, 9.17) is 9.47 Å². The van der Waals surface area contributed by atoms with Crippen LogP contribution in [0.25, 0.3) is 0 Å². The number of halogens is 2. The Kier molecular flexibility index (Phi) is 6.78. The molecule has 7 heteroatoms. The van der Waals surface area contributed by atoms with Gasteiger partial charge in [0.1, 0.15) is 0 Å². The van der Waals surface area contributed by atoms with E-state index < -0.39 is 0 Å². The number of ether oxygens (including phenoxy) is 2. The van der Waals surface area contributed by atoms with Gasteiger partial charge in [0.15, 0.2) is 11.5 Å². The fraction of sp³-hybridized carbons (Fsp3) is 0.588. The summed E-state index contributed by atoms with van der Waals surface area (Å²) in [6.45, 7) is 0. The number of anilines is 1. The average Bonchev–Trinajstić information content (AvgIpc) is 2.87. The van der Waals surface area contributed by atoms with Gasteiger partial charge in [-0.1, -0.05) is 0 Å². The SMILES string of the molecule is COc1cc(Br)c(NC(=O)CC2CC3CCC(C2)N3)cc1OC.Cl. The Morgan fingerprint density at radius 1 is 1.21 bits per heavy atom. The molecule has 0 radical (unpaired) electrons. The number of carbonyl (C=O) groups excluding carboxylic acids is 1. The van der Waals surface area contributed by atoms with Gasteiger partial charge in [0.2, 0.25) is 5.91 Å². The third kappa shape index (κ3) is 4.35. The molecule has 0 saturated carbocycles. The Morgan fingerprint density at radius 2 is 1.79 bits per heavy atom. The molecule has 2 unspecified atom stereocenters. The van der Waals surface area contributed by atoms with Crippen molar-refractivity contribution in [2.45, 2.75) is 44.2 Å². The third-order valence-corrected chi connectivity index (χ3v) is 5.45. The van der Waals surface area contributed by atoms with Crippen LogP contribution in [0, 0.1) is 5.92 Å². The smallest absolute Gasteiger partial charge is 0.224 e. The van der Waals surface area contributed by atoms with Gasteiger partial charge in [0.05, 0.1) is 19.9 Å².